The van der Waals surface area contributed by atoms with Gasteiger partial charge >= 0.3 is 0 Å². The van der Waals surface area contributed by atoms with Crippen LogP contribution in [0.25, 0.3) is 0 Å². The molecule has 1 aromatic rings. The van der Waals surface area contributed by atoms with Crippen molar-refractivity contribution in [3.63, 3.8) is 0 Å². The zero-order valence-electron chi connectivity index (χ0n) is 9.77. The molecule has 0 spiro atoms. The van der Waals surface area contributed by atoms with Crippen LogP contribution in [0.15, 0.2) is 24.3 Å². The summed E-state index contributed by atoms with van der Waals surface area (Å²) in [5.74, 6) is 0.0979. The monoisotopic (exact) mass is 242 g/mol. The molecule has 90 valence electrons. The third-order valence-corrected chi connectivity index (χ3v) is 2.45. The Morgan fingerprint density at radius 2 is 2.00 bits per heavy atom. The van der Waals surface area contributed by atoms with Gasteiger partial charge in [0.15, 0.2) is 0 Å². The van der Waals surface area contributed by atoms with Crippen molar-refractivity contribution in [2.45, 2.75) is 19.9 Å². The summed E-state index contributed by atoms with van der Waals surface area (Å²) in [7, 11) is 1.81. The van der Waals surface area contributed by atoms with Gasteiger partial charge in [-0.25, -0.2) is 0 Å². The molecule has 1 rings (SSSR count). The Morgan fingerprint density at radius 3 is 2.56 bits per heavy atom. The average Bonchev–Trinajstić information content (AvgIpc) is 2.21. The highest BCUT2D eigenvalue weighted by Gasteiger charge is 2.08. The number of nitrogens with zero attached hydrogens (tertiary/aromatic N) is 1. The summed E-state index contributed by atoms with van der Waals surface area (Å²) < 4.78 is 0. The van der Waals surface area contributed by atoms with Crippen molar-refractivity contribution >= 4 is 18.3 Å². The van der Waals surface area contributed by atoms with E-state index in [9.17, 15) is 4.79 Å². The molecular formula is C12H19ClN2O. The van der Waals surface area contributed by atoms with Gasteiger partial charge in [0.2, 0.25) is 5.91 Å². The van der Waals surface area contributed by atoms with Gasteiger partial charge in [0, 0.05) is 26.6 Å². The average molecular weight is 243 g/mol. The second kappa shape index (κ2) is 7.25. The Morgan fingerprint density at radius 1 is 1.38 bits per heavy atom. The van der Waals surface area contributed by atoms with Gasteiger partial charge in [0.05, 0.1) is 0 Å². The largest absolute Gasteiger partial charge is 0.341 e. The number of hydrogen-bond acceptors (Lipinski definition) is 2. The third-order valence-electron chi connectivity index (χ3n) is 2.45. The summed E-state index contributed by atoms with van der Waals surface area (Å²) in [6.07, 6.45) is 0.419. The van der Waals surface area contributed by atoms with Gasteiger partial charge < -0.3 is 10.6 Å². The molecule has 0 atom stereocenters. The maximum Gasteiger partial charge on any atom is 0.223 e. The molecule has 0 heterocycles. The highest BCUT2D eigenvalue weighted by molar-refractivity contribution is 5.85. The number of carbonyl (C=O) groups excluding carboxylic acids is 1. The maximum absolute atomic E-state index is 11.5. The Balaban J connectivity index is 0.00000225. The van der Waals surface area contributed by atoms with E-state index in [2.05, 4.69) is 13.0 Å². The summed E-state index contributed by atoms with van der Waals surface area (Å²) in [6, 6.07) is 8.09. The van der Waals surface area contributed by atoms with E-state index in [0.29, 0.717) is 19.5 Å². The summed E-state index contributed by atoms with van der Waals surface area (Å²) in [5, 5.41) is 0. The van der Waals surface area contributed by atoms with Gasteiger partial charge in [-0.15, -0.1) is 12.4 Å². The Labute approximate surface area is 103 Å². The smallest absolute Gasteiger partial charge is 0.223 e. The van der Waals surface area contributed by atoms with Crippen LogP contribution in [0.3, 0.4) is 0 Å². The minimum Gasteiger partial charge on any atom is -0.341 e. The van der Waals surface area contributed by atoms with E-state index in [4.69, 9.17) is 5.73 Å². The van der Waals surface area contributed by atoms with E-state index >= 15 is 0 Å². The van der Waals surface area contributed by atoms with Crippen molar-refractivity contribution in [3.05, 3.63) is 35.4 Å². The first-order chi connectivity index (χ1) is 7.15. The molecular weight excluding hydrogens is 224 g/mol. The van der Waals surface area contributed by atoms with Gasteiger partial charge in [-0.1, -0.05) is 24.3 Å². The summed E-state index contributed by atoms with van der Waals surface area (Å²) >= 11 is 0. The zero-order chi connectivity index (χ0) is 11.3. The summed E-state index contributed by atoms with van der Waals surface area (Å²) in [4.78, 5) is 13.2. The van der Waals surface area contributed by atoms with Crippen molar-refractivity contribution in [3.8, 4) is 0 Å². The predicted octanol–water partition coefficient (Wildman–Crippen LogP) is 1.72. The highest BCUT2D eigenvalue weighted by Crippen LogP contribution is 2.09. The number of rotatable bonds is 4. The van der Waals surface area contributed by atoms with E-state index in [0.717, 1.165) is 0 Å². The van der Waals surface area contributed by atoms with Crippen molar-refractivity contribution in [1.29, 1.82) is 0 Å². The van der Waals surface area contributed by atoms with E-state index in [1.807, 2.05) is 25.2 Å². The molecule has 0 saturated carbocycles. The number of aryl methyl sites for hydroxylation is 1. The molecule has 0 aliphatic rings. The molecule has 0 fully saturated rings. The Hall–Kier alpha value is -1.06. The fourth-order valence-electron chi connectivity index (χ4n) is 1.45. The van der Waals surface area contributed by atoms with Crippen molar-refractivity contribution in [2.75, 3.05) is 13.6 Å². The SMILES string of the molecule is Cc1ccccc1CN(C)C(=O)CCN.Cl. The lowest BCUT2D eigenvalue weighted by Crippen LogP contribution is -2.28. The van der Waals surface area contributed by atoms with Gasteiger partial charge in [-0.05, 0) is 18.1 Å². The van der Waals surface area contributed by atoms with Crippen molar-refractivity contribution in [1.82, 2.24) is 4.90 Å². The Bertz CT molecular complexity index is 342. The van der Waals surface area contributed by atoms with Crippen LogP contribution in [0.2, 0.25) is 0 Å². The second-order valence-corrected chi connectivity index (χ2v) is 3.71. The van der Waals surface area contributed by atoms with Crippen molar-refractivity contribution < 1.29 is 4.79 Å². The van der Waals surface area contributed by atoms with Gasteiger partial charge in [0.25, 0.3) is 0 Å². The fourth-order valence-corrected chi connectivity index (χ4v) is 1.45. The molecule has 4 heteroatoms. The molecule has 0 aliphatic carbocycles. The number of amides is 1. The lowest BCUT2D eigenvalue weighted by atomic mass is 10.1. The number of hydrogen-bond donors (Lipinski definition) is 1. The van der Waals surface area contributed by atoms with Gasteiger partial charge in [0.1, 0.15) is 0 Å². The van der Waals surface area contributed by atoms with Crippen LogP contribution in [0.4, 0.5) is 0 Å². The zero-order valence-corrected chi connectivity index (χ0v) is 10.6. The summed E-state index contributed by atoms with van der Waals surface area (Å²) in [6.45, 7) is 3.12. The molecule has 1 aromatic carbocycles. The third kappa shape index (κ3) is 4.21. The van der Waals surface area contributed by atoms with E-state index in [1.165, 1.54) is 11.1 Å². The first-order valence-corrected chi connectivity index (χ1v) is 5.13. The fraction of sp³-hybridized carbons (Fsp3) is 0.417. The van der Waals surface area contributed by atoms with Crippen LogP contribution in [-0.2, 0) is 11.3 Å². The minimum atomic E-state index is 0. The normalized spacial score (nSPS) is 9.44. The number of nitrogens with two attached hydrogens (primary N) is 1. The molecule has 0 radical (unpaired) electrons. The second-order valence-electron chi connectivity index (χ2n) is 3.71. The molecule has 0 bridgehead atoms. The molecule has 0 aromatic heterocycles. The first-order valence-electron chi connectivity index (χ1n) is 5.13. The lowest BCUT2D eigenvalue weighted by Gasteiger charge is -2.18. The summed E-state index contributed by atoms with van der Waals surface area (Å²) in [5.41, 5.74) is 7.74. The quantitative estimate of drug-likeness (QED) is 0.874. The highest BCUT2D eigenvalue weighted by atomic mass is 35.5. The molecule has 1 amide bonds. The number of carbonyl (C=O) groups is 1. The van der Waals surface area contributed by atoms with Crippen LogP contribution in [0.1, 0.15) is 17.5 Å². The molecule has 0 saturated heterocycles. The molecule has 0 aliphatic heterocycles. The maximum atomic E-state index is 11.5. The van der Waals surface area contributed by atoms with Crippen LogP contribution in [0, 0.1) is 6.92 Å². The van der Waals surface area contributed by atoms with Crippen LogP contribution < -0.4 is 5.73 Å². The van der Waals surface area contributed by atoms with E-state index in [1.54, 1.807) is 4.90 Å². The van der Waals surface area contributed by atoms with Crippen LogP contribution in [0.5, 0.6) is 0 Å². The predicted molar refractivity (Wildman–Crippen MR) is 68.6 cm³/mol. The van der Waals surface area contributed by atoms with Crippen molar-refractivity contribution in [2.24, 2.45) is 5.73 Å². The van der Waals surface area contributed by atoms with Crippen LogP contribution >= 0.6 is 12.4 Å². The first kappa shape index (κ1) is 14.9. The van der Waals surface area contributed by atoms with Crippen LogP contribution in [-0.4, -0.2) is 24.4 Å². The minimum absolute atomic E-state index is 0. The molecule has 0 unspecified atom stereocenters. The topological polar surface area (TPSA) is 46.3 Å². The molecule has 2 N–H and O–H groups in total. The number of benzene rings is 1. The standard InChI is InChI=1S/C12H18N2O.ClH/c1-10-5-3-4-6-11(10)9-14(2)12(15)7-8-13;/h3-6H,7-9,13H2,1-2H3;1H. The van der Waals surface area contributed by atoms with E-state index < -0.39 is 0 Å². The number of halogens is 1. The van der Waals surface area contributed by atoms with E-state index in [-0.39, 0.29) is 18.3 Å². The Kier molecular flexibility index (Phi) is 6.77. The van der Waals surface area contributed by atoms with Gasteiger partial charge in [-0.2, -0.15) is 0 Å². The lowest BCUT2D eigenvalue weighted by molar-refractivity contribution is -0.130. The van der Waals surface area contributed by atoms with Gasteiger partial charge in [-0.3, -0.25) is 4.79 Å². The molecule has 3 nitrogen and oxygen atoms in total. The molecule has 16 heavy (non-hydrogen) atoms.